The van der Waals surface area contributed by atoms with Crippen molar-refractivity contribution in [2.45, 2.75) is 17.8 Å². The number of allylic oxidation sites excluding steroid dienone is 4. The summed E-state index contributed by atoms with van der Waals surface area (Å²) < 4.78 is 6.97. The Morgan fingerprint density at radius 3 is 1.88 bits per heavy atom. The molecule has 0 amide bonds. The molecular weight excluding hydrogens is 631 g/mol. The third kappa shape index (κ3) is 4.14. The number of hydrogen-bond acceptors (Lipinski definition) is 5. The van der Waals surface area contributed by atoms with Crippen LogP contribution in [0.4, 0.5) is 0 Å². The van der Waals surface area contributed by atoms with E-state index >= 15 is 0 Å². The van der Waals surface area contributed by atoms with E-state index in [0.717, 1.165) is 37.9 Å². The molecule has 2 aliphatic carbocycles. The Morgan fingerprint density at radius 1 is 0.540 bits per heavy atom. The second-order valence-electron chi connectivity index (χ2n) is 13.3. The lowest BCUT2D eigenvalue weighted by Crippen LogP contribution is -2.42. The molecule has 50 heavy (non-hydrogen) atoms. The zero-order valence-electron chi connectivity index (χ0n) is 27.3. The smallest absolute Gasteiger partial charge is 0.174 e. The summed E-state index contributed by atoms with van der Waals surface area (Å²) in [5, 5.41) is 0. The van der Waals surface area contributed by atoms with Crippen molar-refractivity contribution in [3.8, 4) is 55.4 Å². The molecule has 0 saturated carbocycles. The molecule has 10 rings (SSSR count). The number of nitrogens with zero attached hydrogens (tertiary/aromatic N) is 3. The molecule has 0 radical (unpaired) electrons. The highest BCUT2D eigenvalue weighted by molar-refractivity contribution is 7.18. The Labute approximate surface area is 295 Å². The number of hydrogen-bond donors (Lipinski definition) is 0. The maximum absolute atomic E-state index is 6.97. The molecule has 3 heterocycles. The summed E-state index contributed by atoms with van der Waals surface area (Å²) in [6, 6.07) is 48.8. The van der Waals surface area contributed by atoms with Crippen LogP contribution in [0.2, 0.25) is 0 Å². The van der Waals surface area contributed by atoms with Crippen LogP contribution < -0.4 is 4.74 Å². The van der Waals surface area contributed by atoms with Gasteiger partial charge < -0.3 is 4.74 Å². The molecule has 238 valence electrons. The number of ether oxygens (including phenoxy) is 1. The van der Waals surface area contributed by atoms with Gasteiger partial charge in [0.25, 0.3) is 0 Å². The third-order valence-corrected chi connectivity index (χ3v) is 11.8. The minimum atomic E-state index is -0.420. The number of rotatable bonds is 4. The van der Waals surface area contributed by atoms with E-state index in [1.54, 1.807) is 11.3 Å². The molecule has 0 N–H and O–H groups in total. The Kier molecular flexibility index (Phi) is 6.42. The Bertz CT molecular complexity index is 2440. The lowest BCUT2D eigenvalue weighted by atomic mass is 9.59. The van der Waals surface area contributed by atoms with Crippen molar-refractivity contribution in [2.75, 3.05) is 0 Å². The molecule has 2 aromatic heterocycles. The topological polar surface area (TPSA) is 47.9 Å². The molecule has 1 spiro atoms. The molecule has 5 heteroatoms. The van der Waals surface area contributed by atoms with E-state index in [9.17, 15) is 0 Å². The van der Waals surface area contributed by atoms with Crippen molar-refractivity contribution in [2.24, 2.45) is 5.92 Å². The number of para-hydroxylation sites is 2. The van der Waals surface area contributed by atoms with Gasteiger partial charge in [-0.3, -0.25) is 0 Å². The Balaban J connectivity index is 1.16. The van der Waals surface area contributed by atoms with Crippen molar-refractivity contribution in [3.63, 3.8) is 0 Å². The maximum atomic E-state index is 6.97. The van der Waals surface area contributed by atoms with Crippen molar-refractivity contribution in [1.82, 2.24) is 15.0 Å². The van der Waals surface area contributed by atoms with E-state index in [4.69, 9.17) is 19.7 Å². The molecule has 3 aliphatic rings. The standard InChI is InChI=1S/C45H31N3OS/c1-44-28-13-12-25-39(44)45(33-21-9-8-20-32(33)44)34-22-10-11-24-36(34)49-40-31(19-14-23-35(40)45)37-26-27-38(50-37)43-47-41(29-15-4-2-5-16-29)46-42(48-43)30-17-6-3-7-18-30/h2-28,39H,1H3. The van der Waals surface area contributed by atoms with Gasteiger partial charge in [0.2, 0.25) is 0 Å². The summed E-state index contributed by atoms with van der Waals surface area (Å²) in [7, 11) is 0. The molecule has 4 nitrogen and oxygen atoms in total. The minimum Gasteiger partial charge on any atom is -0.456 e. The van der Waals surface area contributed by atoms with Gasteiger partial charge in [0.1, 0.15) is 11.5 Å². The lowest BCUT2D eigenvalue weighted by Gasteiger charge is -2.45. The normalized spacial score (nSPS) is 20.9. The molecular formula is C45H31N3OS. The second-order valence-corrected chi connectivity index (χ2v) is 14.4. The van der Waals surface area contributed by atoms with Gasteiger partial charge in [-0.25, -0.2) is 15.0 Å². The van der Waals surface area contributed by atoms with Gasteiger partial charge in [-0.2, -0.15) is 0 Å². The van der Waals surface area contributed by atoms with Crippen LogP contribution in [0.3, 0.4) is 0 Å². The van der Waals surface area contributed by atoms with E-state index in [1.165, 1.54) is 22.3 Å². The van der Waals surface area contributed by atoms with Crippen LogP contribution in [-0.4, -0.2) is 15.0 Å². The Hall–Kier alpha value is -5.91. The summed E-state index contributed by atoms with van der Waals surface area (Å²) in [6.45, 7) is 2.39. The zero-order valence-corrected chi connectivity index (χ0v) is 28.1. The van der Waals surface area contributed by atoms with Gasteiger partial charge >= 0.3 is 0 Å². The summed E-state index contributed by atoms with van der Waals surface area (Å²) in [5.41, 5.74) is 7.51. The average Bonchev–Trinajstić information content (AvgIpc) is 3.76. The first-order valence-electron chi connectivity index (χ1n) is 17.0. The number of fused-ring (bicyclic) bond motifs is 9. The predicted octanol–water partition coefficient (Wildman–Crippen LogP) is 11.1. The maximum Gasteiger partial charge on any atom is 0.174 e. The number of aromatic nitrogens is 3. The first-order chi connectivity index (χ1) is 24.6. The summed E-state index contributed by atoms with van der Waals surface area (Å²) >= 11 is 1.68. The molecule has 7 aromatic rings. The molecule has 0 bridgehead atoms. The van der Waals surface area contributed by atoms with Crippen molar-refractivity contribution >= 4 is 11.3 Å². The quantitative estimate of drug-likeness (QED) is 0.188. The fourth-order valence-corrected chi connectivity index (χ4v) is 9.45. The van der Waals surface area contributed by atoms with E-state index in [-0.39, 0.29) is 11.3 Å². The molecule has 0 fully saturated rings. The lowest BCUT2D eigenvalue weighted by molar-refractivity contribution is 0.330. The molecule has 3 unspecified atom stereocenters. The van der Waals surface area contributed by atoms with Gasteiger partial charge in [-0.1, -0.05) is 146 Å². The zero-order chi connectivity index (χ0) is 33.3. The second kappa shape index (κ2) is 11.1. The molecule has 5 aromatic carbocycles. The predicted molar refractivity (Wildman–Crippen MR) is 201 cm³/mol. The fraction of sp³-hybridized carbons (Fsp3) is 0.0889. The van der Waals surface area contributed by atoms with E-state index in [1.807, 2.05) is 60.7 Å². The van der Waals surface area contributed by atoms with Crippen molar-refractivity contribution in [1.29, 1.82) is 0 Å². The monoisotopic (exact) mass is 661 g/mol. The van der Waals surface area contributed by atoms with Gasteiger partial charge in [0.15, 0.2) is 17.5 Å². The van der Waals surface area contributed by atoms with Gasteiger partial charge in [0, 0.05) is 44.0 Å². The van der Waals surface area contributed by atoms with Crippen LogP contribution in [-0.2, 0) is 10.8 Å². The van der Waals surface area contributed by atoms with Crippen LogP contribution in [0.15, 0.2) is 164 Å². The molecule has 1 aliphatic heterocycles. The highest BCUT2D eigenvalue weighted by Crippen LogP contribution is 2.67. The first-order valence-corrected chi connectivity index (χ1v) is 17.8. The van der Waals surface area contributed by atoms with E-state index < -0.39 is 5.41 Å². The summed E-state index contributed by atoms with van der Waals surface area (Å²) in [4.78, 5) is 17.0. The third-order valence-electron chi connectivity index (χ3n) is 10.7. The van der Waals surface area contributed by atoms with Crippen LogP contribution in [0, 0.1) is 5.92 Å². The highest BCUT2D eigenvalue weighted by Gasteiger charge is 2.61. The van der Waals surface area contributed by atoms with Crippen LogP contribution >= 0.6 is 11.3 Å². The van der Waals surface area contributed by atoms with Crippen LogP contribution in [0.1, 0.15) is 29.2 Å². The number of thiophene rings is 1. The number of benzene rings is 5. The van der Waals surface area contributed by atoms with Gasteiger partial charge in [-0.15, -0.1) is 11.3 Å². The molecule has 0 saturated heterocycles. The highest BCUT2D eigenvalue weighted by atomic mass is 32.1. The minimum absolute atomic E-state index is 0.162. The van der Waals surface area contributed by atoms with Crippen molar-refractivity contribution in [3.05, 3.63) is 186 Å². The van der Waals surface area contributed by atoms with Gasteiger partial charge in [-0.05, 0) is 35.4 Å². The SMILES string of the molecule is CC12C=CC=CC1C1(c3ccccc3Oc3c(-c4ccc(-c5nc(-c6ccccc6)nc(-c6ccccc6)n5)s4)cccc31)c1ccccc12. The average molecular weight is 662 g/mol. The molecule has 3 atom stereocenters. The fourth-order valence-electron chi connectivity index (χ4n) is 8.48. The van der Waals surface area contributed by atoms with E-state index in [2.05, 4.69) is 110 Å². The largest absolute Gasteiger partial charge is 0.456 e. The van der Waals surface area contributed by atoms with E-state index in [0.29, 0.717) is 17.5 Å². The van der Waals surface area contributed by atoms with Gasteiger partial charge in [0.05, 0.1) is 10.3 Å². The summed E-state index contributed by atoms with van der Waals surface area (Å²) in [6.07, 6.45) is 9.22. The Morgan fingerprint density at radius 2 is 1.14 bits per heavy atom. The first kappa shape index (κ1) is 29.0. The van der Waals surface area contributed by atoms with Crippen LogP contribution in [0.5, 0.6) is 11.5 Å². The summed E-state index contributed by atoms with van der Waals surface area (Å²) in [5.74, 6) is 3.95. The van der Waals surface area contributed by atoms with Crippen molar-refractivity contribution < 1.29 is 4.74 Å². The van der Waals surface area contributed by atoms with Crippen LogP contribution in [0.25, 0.3) is 43.9 Å².